The van der Waals surface area contributed by atoms with Gasteiger partial charge in [-0.3, -0.25) is 9.10 Å². The van der Waals surface area contributed by atoms with Gasteiger partial charge >= 0.3 is 5.97 Å². The summed E-state index contributed by atoms with van der Waals surface area (Å²) >= 11 is 3.33. The Bertz CT molecular complexity index is 556. The maximum absolute atomic E-state index is 11.7. The van der Waals surface area contributed by atoms with Crippen LogP contribution in [0.1, 0.15) is 5.56 Å². The van der Waals surface area contributed by atoms with Gasteiger partial charge in [0.2, 0.25) is 10.0 Å². The van der Waals surface area contributed by atoms with Gasteiger partial charge in [0.1, 0.15) is 6.54 Å². The number of nitrogens with zero attached hydrogens (tertiary/aromatic N) is 1. The van der Waals surface area contributed by atoms with Crippen molar-refractivity contribution in [3.8, 4) is 0 Å². The molecule has 0 fully saturated rings. The van der Waals surface area contributed by atoms with E-state index < -0.39 is 16.0 Å². The second-order valence-electron chi connectivity index (χ2n) is 3.78. The molecule has 0 N–H and O–H groups in total. The smallest absolute Gasteiger partial charge is 0.326 e. The van der Waals surface area contributed by atoms with Crippen molar-refractivity contribution in [3.05, 3.63) is 28.2 Å². The van der Waals surface area contributed by atoms with Crippen molar-refractivity contribution in [2.45, 2.75) is 6.92 Å². The molecular weight excluding hydrogens is 322 g/mol. The van der Waals surface area contributed by atoms with Crippen LogP contribution >= 0.6 is 15.9 Å². The van der Waals surface area contributed by atoms with E-state index in [9.17, 15) is 13.2 Å². The Labute approximate surface area is 115 Å². The van der Waals surface area contributed by atoms with Crippen molar-refractivity contribution in [1.29, 1.82) is 0 Å². The number of carbonyl (C=O) groups excluding carboxylic acids is 1. The normalized spacial score (nSPS) is 11.1. The zero-order chi connectivity index (χ0) is 13.9. The van der Waals surface area contributed by atoms with E-state index in [2.05, 4.69) is 20.7 Å². The topological polar surface area (TPSA) is 63.7 Å². The predicted octanol–water partition coefficient (Wildman–Crippen LogP) is 1.70. The van der Waals surface area contributed by atoms with Crippen LogP contribution in [-0.2, 0) is 19.6 Å². The van der Waals surface area contributed by atoms with Gasteiger partial charge in [-0.05, 0) is 30.7 Å². The molecule has 0 radical (unpaired) electrons. The molecule has 0 aromatic heterocycles. The van der Waals surface area contributed by atoms with Gasteiger partial charge in [-0.1, -0.05) is 15.9 Å². The molecule has 1 rings (SSSR count). The number of methoxy groups -OCH3 is 1. The molecule has 5 nitrogen and oxygen atoms in total. The molecule has 100 valence electrons. The van der Waals surface area contributed by atoms with Gasteiger partial charge in [0, 0.05) is 4.47 Å². The Balaban J connectivity index is 3.18. The van der Waals surface area contributed by atoms with Crippen LogP contribution in [0.25, 0.3) is 0 Å². The second-order valence-corrected chi connectivity index (χ2v) is 6.54. The minimum absolute atomic E-state index is 0.337. The number of ether oxygens (including phenoxy) is 1. The standard InChI is InChI=1S/C11H14BrNO4S/c1-8-6-9(4-5-10(8)12)13(18(3,15)16)7-11(14)17-2/h4-6H,7H2,1-3H3. The molecule has 0 saturated carbocycles. The molecule has 0 amide bonds. The van der Waals surface area contributed by atoms with Crippen LogP contribution in [0.3, 0.4) is 0 Å². The Kier molecular flexibility index (Phi) is 4.75. The first kappa shape index (κ1) is 15.0. The number of hydrogen-bond donors (Lipinski definition) is 0. The Hall–Kier alpha value is -1.08. The summed E-state index contributed by atoms with van der Waals surface area (Å²) in [5.74, 6) is -0.610. The van der Waals surface area contributed by atoms with Crippen LogP contribution in [-0.4, -0.2) is 34.3 Å². The van der Waals surface area contributed by atoms with Crippen molar-refractivity contribution in [2.75, 3.05) is 24.2 Å². The molecule has 0 spiro atoms. The highest BCUT2D eigenvalue weighted by atomic mass is 79.9. The zero-order valence-corrected chi connectivity index (χ0v) is 12.7. The molecule has 0 bridgehead atoms. The molecular formula is C11H14BrNO4S. The summed E-state index contributed by atoms with van der Waals surface area (Å²) in [6.07, 6.45) is 1.05. The molecule has 7 heteroatoms. The van der Waals surface area contributed by atoms with Crippen molar-refractivity contribution >= 4 is 37.6 Å². The number of rotatable bonds is 4. The van der Waals surface area contributed by atoms with Gasteiger partial charge in [0.25, 0.3) is 0 Å². The van der Waals surface area contributed by atoms with Crippen LogP contribution in [0.2, 0.25) is 0 Å². The summed E-state index contributed by atoms with van der Waals surface area (Å²) in [4.78, 5) is 11.3. The first-order valence-electron chi connectivity index (χ1n) is 5.06. The fraction of sp³-hybridized carbons (Fsp3) is 0.364. The third-order valence-corrected chi connectivity index (χ3v) is 4.36. The van der Waals surface area contributed by atoms with E-state index in [-0.39, 0.29) is 6.54 Å². The number of hydrogen-bond acceptors (Lipinski definition) is 4. The first-order valence-corrected chi connectivity index (χ1v) is 7.70. The van der Waals surface area contributed by atoms with E-state index in [4.69, 9.17) is 0 Å². The SMILES string of the molecule is COC(=O)CN(c1ccc(Br)c(C)c1)S(C)(=O)=O. The van der Waals surface area contributed by atoms with E-state index in [1.807, 2.05) is 6.92 Å². The molecule has 0 saturated heterocycles. The number of halogens is 1. The molecule has 1 aromatic carbocycles. The lowest BCUT2D eigenvalue weighted by Gasteiger charge is -2.21. The van der Waals surface area contributed by atoms with Crippen LogP contribution in [0.15, 0.2) is 22.7 Å². The number of anilines is 1. The minimum atomic E-state index is -3.54. The van der Waals surface area contributed by atoms with Gasteiger partial charge in [0.15, 0.2) is 0 Å². The van der Waals surface area contributed by atoms with Crippen LogP contribution < -0.4 is 4.31 Å². The number of carbonyl (C=O) groups is 1. The lowest BCUT2D eigenvalue weighted by Crippen LogP contribution is -2.35. The number of aryl methyl sites for hydroxylation is 1. The van der Waals surface area contributed by atoms with Gasteiger partial charge in [-0.15, -0.1) is 0 Å². The highest BCUT2D eigenvalue weighted by Crippen LogP contribution is 2.24. The van der Waals surface area contributed by atoms with E-state index in [0.717, 1.165) is 20.6 Å². The zero-order valence-electron chi connectivity index (χ0n) is 10.3. The Morgan fingerprint density at radius 2 is 2.06 bits per heavy atom. The van der Waals surface area contributed by atoms with E-state index >= 15 is 0 Å². The lowest BCUT2D eigenvalue weighted by atomic mass is 10.2. The maximum atomic E-state index is 11.7. The van der Waals surface area contributed by atoms with Crippen LogP contribution in [0, 0.1) is 6.92 Å². The summed E-state index contributed by atoms with van der Waals surface area (Å²) in [5, 5.41) is 0. The Morgan fingerprint density at radius 1 is 1.44 bits per heavy atom. The van der Waals surface area contributed by atoms with Gasteiger partial charge in [-0.25, -0.2) is 8.42 Å². The van der Waals surface area contributed by atoms with Crippen molar-refractivity contribution in [1.82, 2.24) is 0 Å². The van der Waals surface area contributed by atoms with Crippen molar-refractivity contribution in [3.63, 3.8) is 0 Å². The summed E-state index contributed by atoms with van der Waals surface area (Å²) < 4.78 is 29.8. The quantitative estimate of drug-likeness (QED) is 0.785. The molecule has 1 aromatic rings. The molecule has 0 unspecified atom stereocenters. The molecule has 18 heavy (non-hydrogen) atoms. The minimum Gasteiger partial charge on any atom is -0.468 e. The second kappa shape index (κ2) is 5.71. The molecule has 0 heterocycles. The number of esters is 1. The highest BCUT2D eigenvalue weighted by molar-refractivity contribution is 9.10. The third kappa shape index (κ3) is 3.71. The summed E-state index contributed by atoms with van der Waals surface area (Å²) in [7, 11) is -2.32. The molecule has 0 aliphatic carbocycles. The van der Waals surface area contributed by atoms with Crippen LogP contribution in [0.5, 0.6) is 0 Å². The summed E-state index contributed by atoms with van der Waals surface area (Å²) in [5.41, 5.74) is 1.31. The van der Waals surface area contributed by atoms with Crippen molar-refractivity contribution < 1.29 is 17.9 Å². The highest BCUT2D eigenvalue weighted by Gasteiger charge is 2.21. The lowest BCUT2D eigenvalue weighted by molar-refractivity contribution is -0.138. The number of benzene rings is 1. The van der Waals surface area contributed by atoms with Gasteiger partial charge < -0.3 is 4.74 Å². The van der Waals surface area contributed by atoms with Gasteiger partial charge in [0.05, 0.1) is 19.1 Å². The molecule has 0 aliphatic heterocycles. The maximum Gasteiger partial charge on any atom is 0.326 e. The summed E-state index contributed by atoms with van der Waals surface area (Å²) in [6.45, 7) is 1.50. The van der Waals surface area contributed by atoms with E-state index in [1.54, 1.807) is 18.2 Å². The average molecular weight is 336 g/mol. The summed E-state index contributed by atoms with van der Waals surface area (Å²) in [6, 6.07) is 5.05. The number of sulfonamides is 1. The molecule has 0 atom stereocenters. The average Bonchev–Trinajstić information content (AvgIpc) is 2.28. The first-order chi connectivity index (χ1) is 8.25. The third-order valence-electron chi connectivity index (χ3n) is 2.33. The van der Waals surface area contributed by atoms with Gasteiger partial charge in [-0.2, -0.15) is 0 Å². The fourth-order valence-electron chi connectivity index (χ4n) is 1.37. The Morgan fingerprint density at radius 3 is 2.50 bits per heavy atom. The van der Waals surface area contributed by atoms with Crippen LogP contribution in [0.4, 0.5) is 5.69 Å². The fourth-order valence-corrected chi connectivity index (χ4v) is 2.45. The molecule has 0 aliphatic rings. The largest absolute Gasteiger partial charge is 0.468 e. The van der Waals surface area contributed by atoms with E-state index in [0.29, 0.717) is 5.69 Å². The van der Waals surface area contributed by atoms with E-state index in [1.165, 1.54) is 7.11 Å². The predicted molar refractivity (Wildman–Crippen MR) is 73.1 cm³/mol. The monoisotopic (exact) mass is 335 g/mol. The van der Waals surface area contributed by atoms with Crippen molar-refractivity contribution in [2.24, 2.45) is 0 Å².